The Bertz CT molecular complexity index is 946. The van der Waals surface area contributed by atoms with Crippen LogP contribution in [0, 0.1) is 5.92 Å². The van der Waals surface area contributed by atoms with Crippen LogP contribution in [0.4, 0.5) is 10.6 Å². The van der Waals surface area contributed by atoms with Gasteiger partial charge in [-0.05, 0) is 49.9 Å². The van der Waals surface area contributed by atoms with E-state index in [2.05, 4.69) is 18.8 Å². The molecule has 3 rings (SSSR count). The highest BCUT2D eigenvalue weighted by atomic mass is 35.5. The van der Waals surface area contributed by atoms with Crippen LogP contribution in [0.5, 0.6) is 11.5 Å². The third kappa shape index (κ3) is 4.63. The second-order valence-corrected chi connectivity index (χ2v) is 8.69. The Morgan fingerprint density at radius 1 is 1.43 bits per heavy atom. The summed E-state index contributed by atoms with van der Waals surface area (Å²) in [6.45, 7) is 8.88. The summed E-state index contributed by atoms with van der Waals surface area (Å²) < 4.78 is 11.8. The number of benzene rings is 1. The first-order valence-electron chi connectivity index (χ1n) is 9.99. The topological polar surface area (TPSA) is 97.9 Å². The van der Waals surface area contributed by atoms with Crippen molar-refractivity contribution in [2.75, 3.05) is 18.1 Å². The number of hydrogen-bond acceptors (Lipinski definition) is 5. The van der Waals surface area contributed by atoms with Crippen molar-refractivity contribution < 1.29 is 19.4 Å². The van der Waals surface area contributed by atoms with Gasteiger partial charge in [-0.15, -0.1) is 0 Å². The molecule has 0 fully saturated rings. The smallest absolute Gasteiger partial charge is 0.412 e. The molecule has 0 spiro atoms. The molecule has 2 heterocycles. The monoisotopic (exact) mass is 433 g/mol. The van der Waals surface area contributed by atoms with Crippen LogP contribution in [0.15, 0.2) is 24.4 Å². The number of pyridine rings is 1. The van der Waals surface area contributed by atoms with Crippen molar-refractivity contribution in [2.45, 2.75) is 46.3 Å². The molecule has 0 aliphatic carbocycles. The largest absolute Gasteiger partial charge is 0.490 e. The highest BCUT2D eigenvalue weighted by Gasteiger charge is 2.26. The molecule has 1 aliphatic heterocycles. The Balaban J connectivity index is 1.91. The van der Waals surface area contributed by atoms with Crippen molar-refractivity contribution in [3.63, 3.8) is 0 Å². The average Bonchev–Trinajstić information content (AvgIpc) is 2.66. The number of carboxylic acid groups (broad SMARTS) is 1. The lowest BCUT2D eigenvalue weighted by molar-refractivity contribution is 0.202. The van der Waals surface area contributed by atoms with Crippen LogP contribution in [-0.4, -0.2) is 34.9 Å². The normalized spacial score (nSPS) is 14.4. The van der Waals surface area contributed by atoms with Crippen LogP contribution < -0.4 is 20.1 Å². The van der Waals surface area contributed by atoms with Gasteiger partial charge in [0.05, 0.1) is 0 Å². The molecule has 1 aliphatic rings. The molecule has 0 saturated heterocycles. The molecule has 0 radical (unpaired) electrons. The van der Waals surface area contributed by atoms with Crippen molar-refractivity contribution in [2.24, 2.45) is 11.7 Å². The molecule has 1 aromatic carbocycles. The van der Waals surface area contributed by atoms with Gasteiger partial charge in [0, 0.05) is 29.4 Å². The van der Waals surface area contributed by atoms with E-state index in [-0.39, 0.29) is 0 Å². The van der Waals surface area contributed by atoms with E-state index in [4.69, 9.17) is 26.8 Å². The van der Waals surface area contributed by atoms with Crippen LogP contribution >= 0.6 is 11.6 Å². The van der Waals surface area contributed by atoms with E-state index < -0.39 is 11.6 Å². The lowest BCUT2D eigenvalue weighted by atomic mass is 9.93. The third-order valence-electron chi connectivity index (χ3n) is 4.95. The number of amides is 1. The maximum absolute atomic E-state index is 11.5. The van der Waals surface area contributed by atoms with Crippen molar-refractivity contribution in [3.8, 4) is 22.6 Å². The number of carbonyl (C=O) groups is 1. The Labute approximate surface area is 181 Å². The Morgan fingerprint density at radius 3 is 2.80 bits per heavy atom. The summed E-state index contributed by atoms with van der Waals surface area (Å²) in [5, 5.41) is 9.78. The molecule has 1 atom stereocenters. The first-order valence-corrected chi connectivity index (χ1v) is 10.4. The van der Waals surface area contributed by atoms with E-state index in [1.165, 1.54) is 4.90 Å². The van der Waals surface area contributed by atoms with Crippen LogP contribution in [0.2, 0.25) is 5.02 Å². The molecule has 0 saturated carbocycles. The first kappa shape index (κ1) is 22.2. The highest BCUT2D eigenvalue weighted by molar-refractivity contribution is 6.34. The zero-order chi connectivity index (χ0) is 22.1. The molecule has 1 amide bonds. The number of rotatable bonds is 7. The summed E-state index contributed by atoms with van der Waals surface area (Å²) in [5.74, 6) is 1.84. The van der Waals surface area contributed by atoms with Gasteiger partial charge in [-0.3, -0.25) is 4.90 Å². The summed E-state index contributed by atoms with van der Waals surface area (Å²) in [6, 6.07) is 5.41. The summed E-state index contributed by atoms with van der Waals surface area (Å²) in [6.07, 6.45) is 1.42. The van der Waals surface area contributed by atoms with Gasteiger partial charge in [-0.25, -0.2) is 9.78 Å². The predicted molar refractivity (Wildman–Crippen MR) is 118 cm³/mol. The molecule has 2 aromatic rings. The zero-order valence-electron chi connectivity index (χ0n) is 17.7. The quantitative estimate of drug-likeness (QED) is 0.641. The van der Waals surface area contributed by atoms with Gasteiger partial charge in [-0.2, -0.15) is 0 Å². The molecule has 8 heteroatoms. The van der Waals surface area contributed by atoms with Crippen molar-refractivity contribution >= 4 is 23.5 Å². The van der Waals surface area contributed by atoms with Crippen molar-refractivity contribution in [3.05, 3.63) is 35.0 Å². The molecular formula is C22H28ClN3O4. The number of nitrogens with zero attached hydrogens (tertiary/aromatic N) is 2. The van der Waals surface area contributed by atoms with Crippen LogP contribution in [0.25, 0.3) is 11.1 Å². The second-order valence-electron chi connectivity index (χ2n) is 8.31. The fraction of sp³-hybridized carbons (Fsp3) is 0.455. The Morgan fingerprint density at radius 2 is 2.17 bits per heavy atom. The minimum Gasteiger partial charge on any atom is -0.490 e. The van der Waals surface area contributed by atoms with Gasteiger partial charge in [0.15, 0.2) is 0 Å². The Kier molecular flexibility index (Phi) is 6.43. The maximum Gasteiger partial charge on any atom is 0.412 e. The molecule has 30 heavy (non-hydrogen) atoms. The van der Waals surface area contributed by atoms with Gasteiger partial charge < -0.3 is 20.3 Å². The van der Waals surface area contributed by atoms with Gasteiger partial charge in [0.1, 0.15) is 35.6 Å². The molecule has 0 bridgehead atoms. The van der Waals surface area contributed by atoms with Gasteiger partial charge in [-0.1, -0.05) is 25.4 Å². The highest BCUT2D eigenvalue weighted by Crippen LogP contribution is 2.46. The summed E-state index contributed by atoms with van der Waals surface area (Å²) in [7, 11) is 0. The lowest BCUT2D eigenvalue weighted by Crippen LogP contribution is -2.43. The van der Waals surface area contributed by atoms with Gasteiger partial charge in [0.2, 0.25) is 0 Å². The number of anilines is 1. The number of aromatic nitrogens is 1. The van der Waals surface area contributed by atoms with Crippen molar-refractivity contribution in [1.29, 1.82) is 0 Å². The number of hydrogen-bond donors (Lipinski definition) is 2. The summed E-state index contributed by atoms with van der Waals surface area (Å²) in [4.78, 5) is 16.9. The van der Waals surface area contributed by atoms with E-state index in [1.54, 1.807) is 25.3 Å². The maximum atomic E-state index is 11.5. The molecule has 3 N–H and O–H groups in total. The van der Waals surface area contributed by atoms with E-state index in [1.807, 2.05) is 13.0 Å². The summed E-state index contributed by atoms with van der Waals surface area (Å²) >= 11 is 6.60. The van der Waals surface area contributed by atoms with E-state index in [9.17, 15) is 9.90 Å². The minimum atomic E-state index is -1.05. The third-order valence-corrected chi connectivity index (χ3v) is 5.31. The summed E-state index contributed by atoms with van der Waals surface area (Å²) in [5.41, 5.74) is 8.35. The van der Waals surface area contributed by atoms with Gasteiger partial charge in [0.25, 0.3) is 0 Å². The van der Waals surface area contributed by atoms with E-state index in [0.29, 0.717) is 48.0 Å². The van der Waals surface area contributed by atoms with Crippen molar-refractivity contribution in [1.82, 2.24) is 4.98 Å². The van der Waals surface area contributed by atoms with Crippen LogP contribution in [0.1, 0.15) is 39.7 Å². The number of ether oxygens (including phenoxy) is 2. The lowest BCUT2D eigenvalue weighted by Gasteiger charge is -2.28. The SMILES string of the molecule is CCN(C(=O)O)c1cc2c(cn1)COc1c-2ccc(OC[C@@](C)(N)CC(C)C)c1Cl. The first-order chi connectivity index (χ1) is 14.1. The molecule has 7 nitrogen and oxygen atoms in total. The average molecular weight is 434 g/mol. The predicted octanol–water partition coefficient (Wildman–Crippen LogP) is 4.94. The fourth-order valence-electron chi connectivity index (χ4n) is 3.77. The standard InChI is InChI=1S/C22H28ClN3O4/c1-5-26(21(27)28)18-8-16-14(10-25-18)11-29-20-15(16)6-7-17(19(20)23)30-12-22(4,24)9-13(2)3/h6-8,10,13H,5,9,11-12,24H2,1-4H3,(H,27,28)/t22-/m0/s1. The van der Waals surface area contributed by atoms with Crippen LogP contribution in [-0.2, 0) is 6.61 Å². The molecule has 0 unspecified atom stereocenters. The number of nitrogens with two attached hydrogens (primary N) is 1. The van der Waals surface area contributed by atoms with E-state index in [0.717, 1.165) is 23.1 Å². The minimum absolute atomic E-state index is 0.292. The molecule has 1 aromatic heterocycles. The molecule has 162 valence electrons. The second kappa shape index (κ2) is 8.70. The zero-order valence-corrected chi connectivity index (χ0v) is 18.5. The fourth-order valence-corrected chi connectivity index (χ4v) is 4.04. The van der Waals surface area contributed by atoms with E-state index >= 15 is 0 Å². The van der Waals surface area contributed by atoms with Gasteiger partial charge >= 0.3 is 6.09 Å². The number of fused-ring (bicyclic) bond motifs is 3. The van der Waals surface area contributed by atoms with Crippen LogP contribution in [0.3, 0.4) is 0 Å². The number of halogens is 1. The molecular weight excluding hydrogens is 406 g/mol. The Hall–Kier alpha value is -2.51.